The van der Waals surface area contributed by atoms with Gasteiger partial charge in [0.1, 0.15) is 18.6 Å². The monoisotopic (exact) mass is 633 g/mol. The number of benzene rings is 3. The first-order valence-corrected chi connectivity index (χ1v) is 15.6. The number of nitrogens with one attached hydrogen (secondary N) is 1. The number of amides is 1. The minimum absolute atomic E-state index is 0.209. The number of hydrogen-bond donors (Lipinski definition) is 1. The Labute approximate surface area is 267 Å². The number of aromatic nitrogens is 1. The van der Waals surface area contributed by atoms with Gasteiger partial charge in [0.05, 0.1) is 42.0 Å². The zero-order valence-electron chi connectivity index (χ0n) is 24.7. The second-order valence-electron chi connectivity index (χ2n) is 11.1. The van der Waals surface area contributed by atoms with Gasteiger partial charge in [-0.25, -0.2) is 0 Å². The molecule has 0 saturated carbocycles. The summed E-state index contributed by atoms with van der Waals surface area (Å²) in [5.74, 6) is 0.567. The smallest absolute Gasteiger partial charge is 0.254 e. The van der Waals surface area contributed by atoms with Crippen molar-refractivity contribution >= 4 is 40.6 Å². The van der Waals surface area contributed by atoms with Crippen LogP contribution in [0.2, 0.25) is 5.02 Å². The Morgan fingerprint density at radius 3 is 2.55 bits per heavy atom. The maximum Gasteiger partial charge on any atom is 0.254 e. The predicted octanol–water partition coefficient (Wildman–Crippen LogP) is 6.08. The van der Waals surface area contributed by atoms with Crippen LogP contribution in [0.5, 0.6) is 5.75 Å². The number of rotatable bonds is 11. The molecule has 8 nitrogen and oxygen atoms in total. The molecule has 44 heavy (non-hydrogen) atoms. The van der Waals surface area contributed by atoms with Crippen LogP contribution < -0.4 is 10.1 Å². The van der Waals surface area contributed by atoms with Gasteiger partial charge in [0.15, 0.2) is 0 Å². The minimum Gasteiger partial charge on any atom is -0.482 e. The summed E-state index contributed by atoms with van der Waals surface area (Å²) in [5, 5.41) is 4.55. The van der Waals surface area contributed by atoms with Crippen LogP contribution in [0.15, 0.2) is 66.9 Å². The molecule has 1 amide bonds. The van der Waals surface area contributed by atoms with Crippen molar-refractivity contribution in [3.8, 4) is 5.75 Å². The van der Waals surface area contributed by atoms with Crippen LogP contribution in [0.1, 0.15) is 38.7 Å². The highest BCUT2D eigenvalue weighted by Gasteiger charge is 2.26. The topological polar surface area (TPSA) is 74.2 Å². The van der Waals surface area contributed by atoms with E-state index in [1.165, 1.54) is 5.56 Å². The van der Waals surface area contributed by atoms with Gasteiger partial charge in [-0.05, 0) is 52.9 Å². The standard InChI is InChI=1S/C34H36ClN3O5S/c1-40-22-42-13-10-23-2-6-26(7-3-23)31-21-38-20-29(34(39)36-18-24-4-8-27(35)9-5-24)33(44)28-16-25(17-30(43-31)32(28)38)19-37-11-14-41-15-12-37/h2-9,16-17,20,31H,10-15,18-19,21-22H2,1H3,(H,36,39). The van der Waals surface area contributed by atoms with Crippen molar-refractivity contribution in [2.75, 3.05) is 46.8 Å². The Balaban J connectivity index is 1.31. The summed E-state index contributed by atoms with van der Waals surface area (Å²) in [5.41, 5.74) is 5.69. The summed E-state index contributed by atoms with van der Waals surface area (Å²) in [7, 11) is 1.62. The molecule has 1 saturated heterocycles. The maximum absolute atomic E-state index is 13.6. The molecular formula is C34H36ClN3O5S. The van der Waals surface area contributed by atoms with Crippen molar-refractivity contribution in [3.63, 3.8) is 0 Å². The third kappa shape index (κ3) is 7.15. The van der Waals surface area contributed by atoms with E-state index in [1.807, 2.05) is 30.5 Å². The largest absolute Gasteiger partial charge is 0.482 e. The van der Waals surface area contributed by atoms with E-state index in [0.717, 1.165) is 72.6 Å². The van der Waals surface area contributed by atoms with Gasteiger partial charge >= 0.3 is 0 Å². The summed E-state index contributed by atoms with van der Waals surface area (Å²) in [4.78, 5) is 15.9. The lowest BCUT2D eigenvalue weighted by atomic mass is 10.0. The summed E-state index contributed by atoms with van der Waals surface area (Å²) in [6, 6.07) is 20.1. The number of nitrogens with zero attached hydrogens (tertiary/aromatic N) is 2. The number of halogens is 1. The van der Waals surface area contributed by atoms with Gasteiger partial charge in [-0.1, -0.05) is 60.2 Å². The number of hydrogen-bond acceptors (Lipinski definition) is 7. The third-order valence-corrected chi connectivity index (χ3v) is 8.73. The molecule has 3 heterocycles. The van der Waals surface area contributed by atoms with Crippen LogP contribution in [0.25, 0.3) is 10.9 Å². The lowest BCUT2D eigenvalue weighted by molar-refractivity contribution is -0.0291. The van der Waals surface area contributed by atoms with E-state index in [9.17, 15) is 4.79 Å². The van der Waals surface area contributed by atoms with E-state index in [4.69, 9.17) is 42.8 Å². The Bertz CT molecular complexity index is 1670. The second kappa shape index (κ2) is 14.2. The lowest BCUT2D eigenvalue weighted by Crippen LogP contribution is -2.35. The van der Waals surface area contributed by atoms with Crippen molar-refractivity contribution < 1.29 is 23.7 Å². The molecule has 3 aromatic carbocycles. The van der Waals surface area contributed by atoms with Crippen LogP contribution in [-0.4, -0.2) is 62.2 Å². The summed E-state index contributed by atoms with van der Waals surface area (Å²) in [6.07, 6.45) is 2.45. The van der Waals surface area contributed by atoms with Gasteiger partial charge in [0.2, 0.25) is 0 Å². The minimum atomic E-state index is -0.228. The van der Waals surface area contributed by atoms with Crippen LogP contribution in [0.3, 0.4) is 0 Å². The normalized spacial score (nSPS) is 16.5. The van der Waals surface area contributed by atoms with E-state index in [1.54, 1.807) is 7.11 Å². The first-order chi connectivity index (χ1) is 21.5. The van der Waals surface area contributed by atoms with Gasteiger partial charge < -0.3 is 28.8 Å². The maximum atomic E-state index is 13.6. The van der Waals surface area contributed by atoms with Crippen molar-refractivity contribution in [1.82, 2.24) is 14.8 Å². The molecule has 2 aliphatic rings. The molecule has 6 rings (SSSR count). The summed E-state index contributed by atoms with van der Waals surface area (Å²) >= 11 is 12.0. The van der Waals surface area contributed by atoms with E-state index in [0.29, 0.717) is 34.8 Å². The summed E-state index contributed by atoms with van der Waals surface area (Å²) in [6.45, 7) is 5.74. The van der Waals surface area contributed by atoms with Crippen LogP contribution in [0.4, 0.5) is 0 Å². The van der Waals surface area contributed by atoms with E-state index in [2.05, 4.69) is 51.2 Å². The quantitative estimate of drug-likeness (QED) is 0.122. The number of morpholine rings is 1. The van der Waals surface area contributed by atoms with Crippen molar-refractivity contribution in [3.05, 3.63) is 104 Å². The molecule has 0 aliphatic carbocycles. The second-order valence-corrected chi connectivity index (χ2v) is 12.0. The zero-order valence-corrected chi connectivity index (χ0v) is 26.3. The van der Waals surface area contributed by atoms with Crippen molar-refractivity contribution in [1.29, 1.82) is 0 Å². The van der Waals surface area contributed by atoms with Crippen LogP contribution in [-0.2, 0) is 40.3 Å². The first kappa shape index (κ1) is 30.7. The Morgan fingerprint density at radius 1 is 1.05 bits per heavy atom. The molecule has 4 aromatic rings. The van der Waals surface area contributed by atoms with Crippen LogP contribution >= 0.6 is 23.8 Å². The molecule has 0 radical (unpaired) electrons. The highest BCUT2D eigenvalue weighted by Crippen LogP contribution is 2.38. The fourth-order valence-corrected chi connectivity index (χ4v) is 6.14. The molecule has 1 unspecified atom stereocenters. The molecule has 230 valence electrons. The fourth-order valence-electron chi connectivity index (χ4n) is 5.72. The Kier molecular flexibility index (Phi) is 9.91. The lowest BCUT2D eigenvalue weighted by Gasteiger charge is -2.31. The average Bonchev–Trinajstić information content (AvgIpc) is 3.04. The van der Waals surface area contributed by atoms with E-state index < -0.39 is 0 Å². The van der Waals surface area contributed by atoms with E-state index in [-0.39, 0.29) is 18.8 Å². The third-order valence-electron chi connectivity index (χ3n) is 8.04. The number of carbonyl (C=O) groups excluding carboxylic acids is 1. The highest BCUT2D eigenvalue weighted by molar-refractivity contribution is 7.71. The molecule has 2 aliphatic heterocycles. The molecular weight excluding hydrogens is 598 g/mol. The number of pyridine rings is 1. The van der Waals surface area contributed by atoms with Crippen LogP contribution in [0, 0.1) is 4.51 Å². The number of ether oxygens (including phenoxy) is 4. The zero-order chi connectivity index (χ0) is 30.5. The number of methoxy groups -OCH3 is 1. The molecule has 1 atom stereocenters. The Morgan fingerprint density at radius 2 is 1.80 bits per heavy atom. The fraction of sp³-hybridized carbons (Fsp3) is 0.353. The SMILES string of the molecule is COCOCCc1ccc(C2Cn3cc(C(=O)NCc4ccc(Cl)cc4)c(=S)c4cc(CN5CCOCC5)cc(c43)O2)cc1. The van der Waals surface area contributed by atoms with Gasteiger partial charge in [0.25, 0.3) is 5.91 Å². The van der Waals surface area contributed by atoms with Crippen molar-refractivity contribution in [2.24, 2.45) is 0 Å². The molecule has 0 bridgehead atoms. The number of carbonyl (C=O) groups is 1. The van der Waals surface area contributed by atoms with E-state index >= 15 is 0 Å². The average molecular weight is 634 g/mol. The predicted molar refractivity (Wildman–Crippen MR) is 173 cm³/mol. The van der Waals surface area contributed by atoms with Crippen molar-refractivity contribution in [2.45, 2.75) is 32.2 Å². The van der Waals surface area contributed by atoms with Gasteiger partial charge in [-0.3, -0.25) is 9.69 Å². The molecule has 1 aromatic heterocycles. The molecule has 1 N–H and O–H groups in total. The summed E-state index contributed by atoms with van der Waals surface area (Å²) < 4.78 is 25.3. The highest BCUT2D eigenvalue weighted by atomic mass is 35.5. The van der Waals surface area contributed by atoms with Gasteiger partial charge in [-0.15, -0.1) is 0 Å². The first-order valence-electron chi connectivity index (χ1n) is 14.8. The Hall–Kier alpha value is -3.31. The molecule has 1 fully saturated rings. The van der Waals surface area contributed by atoms with Gasteiger partial charge in [-0.2, -0.15) is 0 Å². The van der Waals surface area contributed by atoms with Gasteiger partial charge in [0, 0.05) is 49.9 Å². The molecule has 10 heteroatoms. The molecule has 0 spiro atoms.